The van der Waals surface area contributed by atoms with Gasteiger partial charge in [0.1, 0.15) is 0 Å². The van der Waals surface area contributed by atoms with Crippen LogP contribution in [-0.4, -0.2) is 17.4 Å². The minimum absolute atomic E-state index is 0.192. The molecule has 0 saturated heterocycles. The lowest BCUT2D eigenvalue weighted by atomic mass is 9.92. The van der Waals surface area contributed by atoms with E-state index in [0.29, 0.717) is 12.1 Å². The number of hydrogen-bond acceptors (Lipinski definition) is 3. The van der Waals surface area contributed by atoms with Crippen molar-refractivity contribution in [3.63, 3.8) is 0 Å². The van der Waals surface area contributed by atoms with Crippen LogP contribution in [0, 0.1) is 0 Å². The Labute approximate surface area is 163 Å². The number of halogens is 3. The van der Waals surface area contributed by atoms with Crippen molar-refractivity contribution in [2.75, 3.05) is 6.54 Å². The molecule has 2 aromatic heterocycles. The molecular formula is C21H16F3NO2S. The van der Waals surface area contributed by atoms with Crippen LogP contribution in [0.15, 0.2) is 64.8 Å². The molecule has 1 aromatic carbocycles. The Kier molecular flexibility index (Phi) is 4.85. The Hall–Kier alpha value is -2.80. The highest BCUT2D eigenvalue weighted by atomic mass is 32.1. The highest BCUT2D eigenvalue weighted by Gasteiger charge is 2.34. The molecule has 0 bridgehead atoms. The van der Waals surface area contributed by atoms with E-state index in [9.17, 15) is 18.0 Å². The average Bonchev–Trinajstić information content (AvgIpc) is 3.36. The van der Waals surface area contributed by atoms with E-state index in [1.807, 2.05) is 11.4 Å². The minimum Gasteiger partial charge on any atom is -0.472 e. The molecule has 7 heteroatoms. The van der Waals surface area contributed by atoms with Crippen molar-refractivity contribution in [3.8, 4) is 0 Å². The number of carbonyl (C=O) groups excluding carboxylic acids is 1. The first-order valence-corrected chi connectivity index (χ1v) is 9.56. The molecule has 0 aliphatic carbocycles. The van der Waals surface area contributed by atoms with Crippen LogP contribution in [0.3, 0.4) is 0 Å². The molecule has 1 unspecified atom stereocenters. The number of alkyl halides is 3. The van der Waals surface area contributed by atoms with Crippen molar-refractivity contribution in [2.24, 2.45) is 0 Å². The van der Waals surface area contributed by atoms with Crippen LogP contribution in [0.5, 0.6) is 0 Å². The smallest absolute Gasteiger partial charge is 0.416 e. The second-order valence-corrected chi connectivity index (χ2v) is 7.49. The third-order valence-corrected chi connectivity index (χ3v) is 5.76. The Morgan fingerprint density at radius 2 is 1.96 bits per heavy atom. The zero-order valence-corrected chi connectivity index (χ0v) is 15.5. The van der Waals surface area contributed by atoms with Crippen LogP contribution in [0.4, 0.5) is 13.2 Å². The van der Waals surface area contributed by atoms with Crippen molar-refractivity contribution >= 4 is 23.3 Å². The number of fused-ring (bicyclic) bond motifs is 1. The van der Waals surface area contributed by atoms with Gasteiger partial charge in [0.2, 0.25) is 5.91 Å². The summed E-state index contributed by atoms with van der Waals surface area (Å²) in [5, 5.41) is 1.96. The van der Waals surface area contributed by atoms with Gasteiger partial charge in [-0.15, -0.1) is 11.3 Å². The van der Waals surface area contributed by atoms with E-state index in [4.69, 9.17) is 4.42 Å². The normalized spacial score (nSPS) is 17.1. The van der Waals surface area contributed by atoms with Gasteiger partial charge in [-0.2, -0.15) is 13.2 Å². The molecule has 1 aliphatic heterocycles. The fourth-order valence-corrected chi connectivity index (χ4v) is 4.30. The fraction of sp³-hybridized carbons (Fsp3) is 0.190. The van der Waals surface area contributed by atoms with Crippen LogP contribution in [0.25, 0.3) is 6.08 Å². The number of carbonyl (C=O) groups is 1. The molecule has 3 aromatic rings. The number of thiophene rings is 1. The van der Waals surface area contributed by atoms with Crippen molar-refractivity contribution in [1.82, 2.24) is 4.90 Å². The van der Waals surface area contributed by atoms with Gasteiger partial charge in [0, 0.05) is 23.1 Å². The highest BCUT2D eigenvalue weighted by Crippen LogP contribution is 2.39. The number of nitrogens with zero attached hydrogens (tertiary/aromatic N) is 1. The third kappa shape index (κ3) is 3.62. The molecule has 3 heterocycles. The first kappa shape index (κ1) is 18.6. The van der Waals surface area contributed by atoms with E-state index in [1.54, 1.807) is 28.4 Å². The number of benzene rings is 1. The molecule has 144 valence electrons. The maximum Gasteiger partial charge on any atom is 0.416 e. The molecule has 4 rings (SSSR count). The summed E-state index contributed by atoms with van der Waals surface area (Å²) < 4.78 is 43.7. The summed E-state index contributed by atoms with van der Waals surface area (Å²) in [6.07, 6.45) is 2.53. The molecule has 3 nitrogen and oxygen atoms in total. The second-order valence-electron chi connectivity index (χ2n) is 6.49. The summed E-state index contributed by atoms with van der Waals surface area (Å²) >= 11 is 1.61. The number of amides is 1. The van der Waals surface area contributed by atoms with Gasteiger partial charge in [0.15, 0.2) is 0 Å². The van der Waals surface area contributed by atoms with Crippen molar-refractivity contribution in [1.29, 1.82) is 0 Å². The molecule has 0 saturated carbocycles. The van der Waals surface area contributed by atoms with E-state index in [1.165, 1.54) is 30.7 Å². The molecule has 0 fully saturated rings. The first-order chi connectivity index (χ1) is 13.4. The largest absolute Gasteiger partial charge is 0.472 e. The van der Waals surface area contributed by atoms with E-state index in [0.717, 1.165) is 34.6 Å². The standard InChI is InChI=1S/C21H16F3NO2S/c22-21(23,24)16-4-2-15(3-5-16)20-17-9-12-28-18(17)7-10-25(20)19(26)6-1-14-8-11-27-13-14/h1-6,8-9,11-13,20H,7,10H2/b6-1+. The maximum absolute atomic E-state index is 12.9. The predicted octanol–water partition coefficient (Wildman–Crippen LogP) is 5.55. The zero-order valence-electron chi connectivity index (χ0n) is 14.6. The number of hydrogen-bond donors (Lipinski definition) is 0. The van der Waals surface area contributed by atoms with Gasteiger partial charge in [-0.3, -0.25) is 4.79 Å². The van der Waals surface area contributed by atoms with Gasteiger partial charge in [-0.05, 0) is 53.3 Å². The van der Waals surface area contributed by atoms with Crippen molar-refractivity contribution in [2.45, 2.75) is 18.6 Å². The Morgan fingerprint density at radius 1 is 1.18 bits per heavy atom. The predicted molar refractivity (Wildman–Crippen MR) is 101 cm³/mol. The van der Waals surface area contributed by atoms with Gasteiger partial charge in [-0.1, -0.05) is 12.1 Å². The summed E-state index contributed by atoms with van der Waals surface area (Å²) in [6, 6.07) is 8.34. The average molecular weight is 403 g/mol. The Bertz CT molecular complexity index is 988. The summed E-state index contributed by atoms with van der Waals surface area (Å²) in [6.45, 7) is 0.508. The summed E-state index contributed by atoms with van der Waals surface area (Å²) in [7, 11) is 0. The van der Waals surface area contributed by atoms with Crippen molar-refractivity contribution < 1.29 is 22.4 Å². The van der Waals surface area contributed by atoms with Crippen LogP contribution in [0.1, 0.15) is 33.2 Å². The molecule has 0 spiro atoms. The fourth-order valence-electron chi connectivity index (χ4n) is 3.40. The van der Waals surface area contributed by atoms with E-state index < -0.39 is 17.8 Å². The minimum atomic E-state index is -4.39. The summed E-state index contributed by atoms with van der Waals surface area (Å²) in [5.41, 5.74) is 1.71. The lowest BCUT2D eigenvalue weighted by molar-refractivity contribution is -0.137. The van der Waals surface area contributed by atoms with Gasteiger partial charge in [0.05, 0.1) is 24.1 Å². The SMILES string of the molecule is O=C(/C=C/c1ccoc1)N1CCc2sccc2C1c1ccc(C(F)(F)F)cc1. The molecule has 1 aliphatic rings. The van der Waals surface area contributed by atoms with Gasteiger partial charge < -0.3 is 9.32 Å². The lowest BCUT2D eigenvalue weighted by Crippen LogP contribution is -2.39. The first-order valence-electron chi connectivity index (χ1n) is 8.68. The van der Waals surface area contributed by atoms with Crippen LogP contribution in [-0.2, 0) is 17.4 Å². The monoisotopic (exact) mass is 403 g/mol. The van der Waals surface area contributed by atoms with Crippen molar-refractivity contribution in [3.05, 3.63) is 87.5 Å². The lowest BCUT2D eigenvalue weighted by Gasteiger charge is -2.35. The van der Waals surface area contributed by atoms with E-state index in [-0.39, 0.29) is 5.91 Å². The van der Waals surface area contributed by atoms with E-state index >= 15 is 0 Å². The number of furan rings is 1. The summed E-state index contributed by atoms with van der Waals surface area (Å²) in [5.74, 6) is -0.192. The topological polar surface area (TPSA) is 33.5 Å². The third-order valence-electron chi connectivity index (χ3n) is 4.76. The molecule has 0 radical (unpaired) electrons. The van der Waals surface area contributed by atoms with Gasteiger partial charge >= 0.3 is 6.18 Å². The zero-order chi connectivity index (χ0) is 19.7. The molecule has 28 heavy (non-hydrogen) atoms. The number of rotatable bonds is 3. The molecular weight excluding hydrogens is 387 g/mol. The second kappa shape index (κ2) is 7.31. The van der Waals surface area contributed by atoms with Crippen LogP contribution in [0.2, 0.25) is 0 Å². The van der Waals surface area contributed by atoms with Gasteiger partial charge in [0.25, 0.3) is 0 Å². The summed E-state index contributed by atoms with van der Waals surface area (Å²) in [4.78, 5) is 15.7. The molecule has 1 amide bonds. The Morgan fingerprint density at radius 3 is 2.64 bits per heavy atom. The Balaban J connectivity index is 1.67. The van der Waals surface area contributed by atoms with Crippen LogP contribution >= 0.6 is 11.3 Å². The highest BCUT2D eigenvalue weighted by molar-refractivity contribution is 7.10. The molecule has 1 atom stereocenters. The maximum atomic E-state index is 12.9. The van der Waals surface area contributed by atoms with Gasteiger partial charge in [-0.25, -0.2) is 0 Å². The quantitative estimate of drug-likeness (QED) is 0.538. The molecule has 0 N–H and O–H groups in total. The van der Waals surface area contributed by atoms with Crippen LogP contribution < -0.4 is 0 Å². The van der Waals surface area contributed by atoms with E-state index in [2.05, 4.69) is 0 Å².